The van der Waals surface area contributed by atoms with Crippen molar-refractivity contribution in [2.75, 3.05) is 41.0 Å². The molecule has 1 aliphatic rings. The van der Waals surface area contributed by atoms with Crippen LogP contribution < -0.4 is 25.8 Å². The molecule has 1 aromatic carbocycles. The van der Waals surface area contributed by atoms with Crippen LogP contribution in [0.4, 0.5) is 0 Å². The zero-order chi connectivity index (χ0) is 31.3. The molecule has 1 fully saturated rings. The summed E-state index contributed by atoms with van der Waals surface area (Å²) in [6, 6.07) is 5.53. The van der Waals surface area contributed by atoms with Crippen molar-refractivity contribution in [3.8, 4) is 11.5 Å². The highest BCUT2D eigenvalue weighted by Gasteiger charge is 2.41. The molecule has 0 bridgehead atoms. The van der Waals surface area contributed by atoms with Crippen molar-refractivity contribution in [3.63, 3.8) is 0 Å². The number of hydrogen-bond donors (Lipinski definition) is 4. The Labute approximate surface area is 253 Å². The molecule has 240 valence electrons. The second-order valence-electron chi connectivity index (χ2n) is 12.7. The van der Waals surface area contributed by atoms with E-state index in [0.717, 1.165) is 44.1 Å². The summed E-state index contributed by atoms with van der Waals surface area (Å²) in [4.78, 5) is 25.9. The largest absolute Gasteiger partial charge is 0.493 e. The van der Waals surface area contributed by atoms with E-state index in [1.165, 1.54) is 0 Å². The van der Waals surface area contributed by atoms with E-state index in [-0.39, 0.29) is 30.1 Å². The molecule has 0 heterocycles. The van der Waals surface area contributed by atoms with Gasteiger partial charge in [0, 0.05) is 45.7 Å². The summed E-state index contributed by atoms with van der Waals surface area (Å²) in [5.74, 6) is 1.46. The first-order chi connectivity index (χ1) is 20.0. The predicted octanol–water partition coefficient (Wildman–Crippen LogP) is 4.09. The van der Waals surface area contributed by atoms with Crippen LogP contribution in [0.25, 0.3) is 0 Å². The van der Waals surface area contributed by atoms with E-state index in [0.29, 0.717) is 43.6 Å². The highest BCUT2D eigenvalue weighted by atomic mass is 16.5. The van der Waals surface area contributed by atoms with Crippen molar-refractivity contribution in [1.82, 2.24) is 10.6 Å². The van der Waals surface area contributed by atoms with Crippen molar-refractivity contribution in [2.45, 2.75) is 91.2 Å². The Kier molecular flexibility index (Phi) is 15.1. The number of aliphatic hydroxyl groups excluding tert-OH is 1. The van der Waals surface area contributed by atoms with E-state index in [1.54, 1.807) is 21.3 Å². The number of amides is 2. The molecule has 5 N–H and O–H groups in total. The number of ether oxygens (including phenoxy) is 3. The molecule has 1 saturated carbocycles. The van der Waals surface area contributed by atoms with Gasteiger partial charge in [0.2, 0.25) is 11.8 Å². The highest BCUT2D eigenvalue weighted by Crippen LogP contribution is 2.38. The first kappa shape index (κ1) is 35.8. The Morgan fingerprint density at radius 2 is 1.71 bits per heavy atom. The fourth-order valence-corrected chi connectivity index (χ4v) is 6.05. The molecule has 0 aliphatic heterocycles. The van der Waals surface area contributed by atoms with Gasteiger partial charge in [0.1, 0.15) is 0 Å². The molecule has 0 unspecified atom stereocenters. The number of aliphatic hydroxyl groups is 1. The zero-order valence-electron chi connectivity index (χ0n) is 27.0. The molecule has 1 aromatic rings. The van der Waals surface area contributed by atoms with Crippen molar-refractivity contribution >= 4 is 11.8 Å². The molecule has 9 heteroatoms. The van der Waals surface area contributed by atoms with Crippen LogP contribution in [0.15, 0.2) is 18.2 Å². The maximum Gasteiger partial charge on any atom is 0.227 e. The second-order valence-corrected chi connectivity index (χ2v) is 12.7. The number of nitrogens with two attached hydrogens (primary N) is 1. The van der Waals surface area contributed by atoms with Gasteiger partial charge in [0.15, 0.2) is 11.5 Å². The maximum absolute atomic E-state index is 13.3. The third-order valence-electron chi connectivity index (χ3n) is 9.00. The van der Waals surface area contributed by atoms with Gasteiger partial charge in [-0.15, -0.1) is 0 Å². The topological polar surface area (TPSA) is 132 Å². The van der Waals surface area contributed by atoms with Crippen LogP contribution in [-0.4, -0.2) is 70.1 Å². The van der Waals surface area contributed by atoms with E-state index in [9.17, 15) is 14.7 Å². The van der Waals surface area contributed by atoms with Gasteiger partial charge in [-0.2, -0.15) is 0 Å². The Morgan fingerprint density at radius 1 is 1.02 bits per heavy atom. The molecule has 2 amide bonds. The zero-order valence-corrected chi connectivity index (χ0v) is 27.0. The Morgan fingerprint density at radius 3 is 2.29 bits per heavy atom. The van der Waals surface area contributed by atoms with E-state index < -0.39 is 23.5 Å². The van der Waals surface area contributed by atoms with Gasteiger partial charge in [0.25, 0.3) is 0 Å². The van der Waals surface area contributed by atoms with Crippen molar-refractivity contribution in [1.29, 1.82) is 0 Å². The summed E-state index contributed by atoms with van der Waals surface area (Å²) >= 11 is 0. The van der Waals surface area contributed by atoms with Crippen LogP contribution >= 0.6 is 0 Å². The molecule has 0 radical (unpaired) electrons. The lowest BCUT2D eigenvalue weighted by atomic mass is 9.80. The second kappa shape index (κ2) is 17.7. The third-order valence-corrected chi connectivity index (χ3v) is 9.00. The van der Waals surface area contributed by atoms with Crippen molar-refractivity contribution in [3.05, 3.63) is 23.8 Å². The first-order valence-electron chi connectivity index (χ1n) is 15.7. The van der Waals surface area contributed by atoms with Crippen LogP contribution in [0.5, 0.6) is 11.5 Å². The van der Waals surface area contributed by atoms with E-state index >= 15 is 0 Å². The van der Waals surface area contributed by atoms with Gasteiger partial charge in [0.05, 0.1) is 25.2 Å². The minimum Gasteiger partial charge on any atom is -0.493 e. The van der Waals surface area contributed by atoms with E-state index in [4.69, 9.17) is 19.9 Å². The lowest BCUT2D eigenvalue weighted by molar-refractivity contribution is -0.132. The number of nitrogens with one attached hydrogen (secondary N) is 2. The lowest BCUT2D eigenvalue weighted by Gasteiger charge is -2.31. The van der Waals surface area contributed by atoms with Crippen LogP contribution in [0.3, 0.4) is 0 Å². The van der Waals surface area contributed by atoms with Gasteiger partial charge in [-0.1, -0.05) is 46.6 Å². The summed E-state index contributed by atoms with van der Waals surface area (Å²) in [7, 11) is 4.95. The minimum absolute atomic E-state index is 0.00943. The van der Waals surface area contributed by atoms with Gasteiger partial charge < -0.3 is 35.7 Å². The average molecular weight is 592 g/mol. The summed E-state index contributed by atoms with van der Waals surface area (Å²) in [6.07, 6.45) is 5.19. The molecule has 0 aromatic heterocycles. The normalized spacial score (nSPS) is 17.5. The van der Waals surface area contributed by atoms with Gasteiger partial charge in [-0.25, -0.2) is 0 Å². The van der Waals surface area contributed by atoms with E-state index in [2.05, 4.69) is 24.5 Å². The fourth-order valence-electron chi connectivity index (χ4n) is 6.05. The van der Waals surface area contributed by atoms with Gasteiger partial charge in [-0.3, -0.25) is 9.59 Å². The molecule has 1 aliphatic carbocycles. The maximum atomic E-state index is 13.3. The Balaban J connectivity index is 2.03. The van der Waals surface area contributed by atoms with Crippen LogP contribution in [0.2, 0.25) is 0 Å². The van der Waals surface area contributed by atoms with E-state index in [1.807, 2.05) is 32.0 Å². The fraction of sp³-hybridized carbons (Fsp3) is 0.758. The predicted molar refractivity (Wildman–Crippen MR) is 167 cm³/mol. The molecule has 0 saturated heterocycles. The van der Waals surface area contributed by atoms with Crippen LogP contribution in [-0.2, 0) is 20.7 Å². The number of hydrogen-bond acceptors (Lipinski definition) is 7. The molecule has 2 rings (SSSR count). The summed E-state index contributed by atoms with van der Waals surface area (Å²) < 4.78 is 16.6. The molecule has 0 spiro atoms. The number of carbonyl (C=O) groups is 2. The van der Waals surface area contributed by atoms with Crippen LogP contribution in [0.1, 0.15) is 78.2 Å². The standard InChI is InChI=1S/C33H57N3O6/c1-22(2)25(17-24-11-12-29(41-7)30(18-24)42-16-10-15-40-6)19-27(34)28(37)20-26(23(3)4)31(38)36-21-33(32(39)35-5)13-8-9-14-33/h11-12,18,22-23,25-28,37H,8-10,13-17,19-21,34H2,1-7H3,(H,35,39)(H,36,38)/t25-,26-,27-,28-/m0/s1. The average Bonchev–Trinajstić information content (AvgIpc) is 3.46. The van der Waals surface area contributed by atoms with Crippen molar-refractivity contribution < 1.29 is 28.9 Å². The number of benzene rings is 1. The lowest BCUT2D eigenvalue weighted by Crippen LogP contribution is -2.48. The third kappa shape index (κ3) is 10.4. The minimum atomic E-state index is -0.820. The quantitative estimate of drug-likeness (QED) is 0.178. The van der Waals surface area contributed by atoms with Gasteiger partial charge >= 0.3 is 0 Å². The molecular formula is C33H57N3O6. The van der Waals surface area contributed by atoms with Crippen LogP contribution in [0, 0.1) is 29.1 Å². The number of carbonyl (C=O) groups excluding carboxylic acids is 2. The Hall–Kier alpha value is -2.36. The highest BCUT2D eigenvalue weighted by molar-refractivity contribution is 5.84. The number of methoxy groups -OCH3 is 2. The number of rotatable bonds is 19. The molecule has 9 nitrogen and oxygen atoms in total. The monoisotopic (exact) mass is 591 g/mol. The molecule has 42 heavy (non-hydrogen) atoms. The van der Waals surface area contributed by atoms with Gasteiger partial charge in [-0.05, 0) is 67.6 Å². The Bertz CT molecular complexity index is 963. The molecular weight excluding hydrogens is 534 g/mol. The molecule has 4 atom stereocenters. The smallest absolute Gasteiger partial charge is 0.227 e. The first-order valence-corrected chi connectivity index (χ1v) is 15.7. The summed E-state index contributed by atoms with van der Waals surface area (Å²) in [6.45, 7) is 9.82. The van der Waals surface area contributed by atoms with Crippen molar-refractivity contribution in [2.24, 2.45) is 34.8 Å². The summed E-state index contributed by atoms with van der Waals surface area (Å²) in [5, 5.41) is 17.0. The summed E-state index contributed by atoms with van der Waals surface area (Å²) in [5.41, 5.74) is 7.17. The SMILES string of the molecule is CNC(=O)C1(CNC(=O)[C@@H](C[C@H](O)[C@@H](N)C[C@H](Cc2ccc(OC)c(OCCCOC)c2)C(C)C)C(C)C)CCCC1.